The Morgan fingerprint density at radius 2 is 1.80 bits per heavy atom. The second-order valence-electron chi connectivity index (χ2n) is 6.39. The summed E-state index contributed by atoms with van der Waals surface area (Å²) < 4.78 is 37.7. The topological polar surface area (TPSA) is 67.9 Å². The molecule has 2 rings (SSSR count). The minimum atomic E-state index is -3.23. The van der Waals surface area contributed by atoms with Crippen LogP contribution in [0, 0.1) is 0 Å². The van der Waals surface area contributed by atoms with E-state index in [-0.39, 0.29) is 11.8 Å². The van der Waals surface area contributed by atoms with Crippen molar-refractivity contribution in [1.29, 1.82) is 0 Å². The molecule has 25 heavy (non-hydrogen) atoms. The van der Waals surface area contributed by atoms with E-state index >= 15 is 0 Å². The number of likely N-dealkylation sites (tertiary alicyclic amines) is 1. The molecule has 1 heterocycles. The number of nitrogens with zero attached hydrogens (tertiary/aromatic N) is 1. The highest BCUT2D eigenvalue weighted by Crippen LogP contribution is 2.32. The Bertz CT molecular complexity index is 642. The van der Waals surface area contributed by atoms with Crippen LogP contribution in [0.1, 0.15) is 44.2 Å². The lowest BCUT2D eigenvalue weighted by atomic mass is 10.0. The van der Waals surface area contributed by atoms with Gasteiger partial charge in [-0.2, -0.15) is 0 Å². The summed E-state index contributed by atoms with van der Waals surface area (Å²) >= 11 is 0. The number of rotatable bonds is 9. The molecule has 1 aromatic carbocycles. The third-order valence-corrected chi connectivity index (χ3v) is 6.15. The quantitative estimate of drug-likeness (QED) is 0.724. The van der Waals surface area contributed by atoms with Crippen LogP contribution in [0.4, 0.5) is 0 Å². The lowest BCUT2D eigenvalue weighted by Gasteiger charge is -2.35. The van der Waals surface area contributed by atoms with Gasteiger partial charge in [0.1, 0.15) is 0 Å². The van der Waals surface area contributed by atoms with Crippen LogP contribution in [0.15, 0.2) is 18.2 Å². The molecule has 1 aliphatic heterocycles. The van der Waals surface area contributed by atoms with Crippen LogP contribution in [-0.2, 0) is 10.0 Å². The molecule has 1 N–H and O–H groups in total. The molecule has 0 amide bonds. The molecule has 7 heteroatoms. The number of ether oxygens (including phenoxy) is 2. The normalized spacial score (nSPS) is 17.2. The first-order chi connectivity index (χ1) is 12.0. The van der Waals surface area contributed by atoms with Crippen LogP contribution < -0.4 is 14.2 Å². The van der Waals surface area contributed by atoms with E-state index in [4.69, 9.17) is 9.47 Å². The summed E-state index contributed by atoms with van der Waals surface area (Å²) in [6, 6.07) is 5.82. The predicted octanol–water partition coefficient (Wildman–Crippen LogP) is 2.56. The van der Waals surface area contributed by atoms with Crippen molar-refractivity contribution in [3.63, 3.8) is 0 Å². The van der Waals surface area contributed by atoms with Gasteiger partial charge in [0.25, 0.3) is 0 Å². The molecule has 0 aromatic heterocycles. The van der Waals surface area contributed by atoms with E-state index in [1.165, 1.54) is 6.42 Å². The molecule has 1 aliphatic rings. The van der Waals surface area contributed by atoms with E-state index in [1.807, 2.05) is 25.1 Å². The van der Waals surface area contributed by atoms with Crippen LogP contribution in [-0.4, -0.2) is 52.9 Å². The van der Waals surface area contributed by atoms with Crippen LogP contribution in [0.25, 0.3) is 0 Å². The summed E-state index contributed by atoms with van der Waals surface area (Å²) in [6.07, 6.45) is 4.13. The van der Waals surface area contributed by atoms with Gasteiger partial charge >= 0.3 is 0 Å². The number of hydrogen-bond donors (Lipinski definition) is 1. The maximum absolute atomic E-state index is 12.1. The molecule has 1 aromatic rings. The van der Waals surface area contributed by atoms with Crippen molar-refractivity contribution in [2.24, 2.45) is 0 Å². The Hall–Kier alpha value is -1.31. The number of hydrogen-bond acceptors (Lipinski definition) is 5. The van der Waals surface area contributed by atoms with Gasteiger partial charge in [-0.3, -0.25) is 4.90 Å². The molecule has 0 aliphatic carbocycles. The van der Waals surface area contributed by atoms with E-state index < -0.39 is 10.0 Å². The summed E-state index contributed by atoms with van der Waals surface area (Å²) in [5, 5.41) is 0. The standard InChI is InChI=1S/C18H30N2O4S/c1-4-12-25(21,22)19-14-16(20-10-6-5-7-11-20)15-8-9-17(23-2)18(13-15)24-3/h8-9,13,16,19H,4-7,10-12,14H2,1-3H3. The highest BCUT2D eigenvalue weighted by molar-refractivity contribution is 7.89. The summed E-state index contributed by atoms with van der Waals surface area (Å²) in [5.74, 6) is 1.50. The Labute approximate surface area is 151 Å². The smallest absolute Gasteiger partial charge is 0.211 e. The van der Waals surface area contributed by atoms with Crippen molar-refractivity contribution in [1.82, 2.24) is 9.62 Å². The Morgan fingerprint density at radius 3 is 2.40 bits per heavy atom. The summed E-state index contributed by atoms with van der Waals surface area (Å²) in [6.45, 7) is 4.20. The highest BCUT2D eigenvalue weighted by Gasteiger charge is 2.25. The van der Waals surface area contributed by atoms with Gasteiger partial charge in [0, 0.05) is 12.6 Å². The first-order valence-electron chi connectivity index (χ1n) is 8.94. The van der Waals surface area contributed by atoms with Crippen LogP contribution in [0.5, 0.6) is 11.5 Å². The highest BCUT2D eigenvalue weighted by atomic mass is 32.2. The average molecular weight is 371 g/mol. The first kappa shape index (κ1) is 20.0. The van der Waals surface area contributed by atoms with Crippen LogP contribution >= 0.6 is 0 Å². The molecule has 0 saturated carbocycles. The van der Waals surface area contributed by atoms with Gasteiger partial charge in [-0.25, -0.2) is 13.1 Å². The van der Waals surface area contributed by atoms with Gasteiger partial charge in [0.2, 0.25) is 10.0 Å². The van der Waals surface area contributed by atoms with E-state index in [2.05, 4.69) is 9.62 Å². The van der Waals surface area contributed by atoms with Crippen LogP contribution in [0.2, 0.25) is 0 Å². The maximum atomic E-state index is 12.1. The number of benzene rings is 1. The molecule has 1 fully saturated rings. The molecule has 1 saturated heterocycles. The zero-order chi connectivity index (χ0) is 18.3. The zero-order valence-corrected chi connectivity index (χ0v) is 16.3. The number of piperidine rings is 1. The van der Waals surface area contributed by atoms with Crippen molar-refractivity contribution >= 4 is 10.0 Å². The Morgan fingerprint density at radius 1 is 1.12 bits per heavy atom. The largest absolute Gasteiger partial charge is 0.493 e. The molecular weight excluding hydrogens is 340 g/mol. The molecule has 0 spiro atoms. The van der Waals surface area contributed by atoms with E-state index in [0.29, 0.717) is 24.5 Å². The van der Waals surface area contributed by atoms with Crippen molar-refractivity contribution in [3.05, 3.63) is 23.8 Å². The molecule has 1 atom stereocenters. The zero-order valence-electron chi connectivity index (χ0n) is 15.5. The fourth-order valence-corrected chi connectivity index (χ4v) is 4.39. The first-order valence-corrected chi connectivity index (χ1v) is 10.6. The van der Waals surface area contributed by atoms with E-state index in [9.17, 15) is 8.42 Å². The van der Waals surface area contributed by atoms with Crippen molar-refractivity contribution in [3.8, 4) is 11.5 Å². The Kier molecular flexibility index (Phi) is 7.53. The number of nitrogens with one attached hydrogen (secondary N) is 1. The molecule has 142 valence electrons. The summed E-state index contributed by atoms with van der Waals surface area (Å²) in [7, 11) is -0.0123. The number of sulfonamides is 1. The lowest BCUT2D eigenvalue weighted by molar-refractivity contribution is 0.164. The van der Waals surface area contributed by atoms with Crippen LogP contribution in [0.3, 0.4) is 0 Å². The molecule has 0 radical (unpaired) electrons. The molecular formula is C18H30N2O4S. The Balaban J connectivity index is 2.24. The fraction of sp³-hybridized carbons (Fsp3) is 0.667. The van der Waals surface area contributed by atoms with Crippen molar-refractivity contribution in [2.45, 2.75) is 38.6 Å². The molecule has 1 unspecified atom stereocenters. The van der Waals surface area contributed by atoms with Gasteiger partial charge in [0.15, 0.2) is 11.5 Å². The molecule has 6 nitrogen and oxygen atoms in total. The minimum Gasteiger partial charge on any atom is -0.493 e. The predicted molar refractivity (Wildman–Crippen MR) is 99.8 cm³/mol. The van der Waals surface area contributed by atoms with Gasteiger partial charge in [-0.05, 0) is 50.0 Å². The van der Waals surface area contributed by atoms with E-state index in [1.54, 1.807) is 14.2 Å². The molecule has 0 bridgehead atoms. The van der Waals surface area contributed by atoms with Crippen molar-refractivity contribution in [2.75, 3.05) is 39.6 Å². The van der Waals surface area contributed by atoms with Gasteiger partial charge < -0.3 is 9.47 Å². The fourth-order valence-electron chi connectivity index (χ4n) is 3.29. The SMILES string of the molecule is CCCS(=O)(=O)NCC(c1ccc(OC)c(OC)c1)N1CCCCC1. The van der Waals surface area contributed by atoms with Crippen molar-refractivity contribution < 1.29 is 17.9 Å². The number of methoxy groups -OCH3 is 2. The second kappa shape index (κ2) is 9.40. The van der Waals surface area contributed by atoms with E-state index in [0.717, 1.165) is 31.5 Å². The third-order valence-electron chi connectivity index (χ3n) is 4.59. The van der Waals surface area contributed by atoms with Gasteiger partial charge in [0.05, 0.1) is 20.0 Å². The van der Waals surface area contributed by atoms with Gasteiger partial charge in [-0.15, -0.1) is 0 Å². The third kappa shape index (κ3) is 5.59. The summed E-state index contributed by atoms with van der Waals surface area (Å²) in [5.41, 5.74) is 1.04. The maximum Gasteiger partial charge on any atom is 0.211 e. The minimum absolute atomic E-state index is 0.00765. The second-order valence-corrected chi connectivity index (χ2v) is 8.32. The monoisotopic (exact) mass is 370 g/mol. The lowest BCUT2D eigenvalue weighted by Crippen LogP contribution is -2.41. The average Bonchev–Trinajstić information content (AvgIpc) is 2.62. The van der Waals surface area contributed by atoms with Gasteiger partial charge in [-0.1, -0.05) is 19.4 Å². The summed E-state index contributed by atoms with van der Waals surface area (Å²) in [4.78, 5) is 2.36.